The van der Waals surface area contributed by atoms with Crippen molar-refractivity contribution in [3.63, 3.8) is 0 Å². The molecule has 0 N–H and O–H groups in total. The number of carbonyl (C=O) groups is 1. The molecule has 0 spiro atoms. The molecule has 0 aliphatic carbocycles. The third-order valence-electron chi connectivity index (χ3n) is 3.45. The van der Waals surface area contributed by atoms with Crippen molar-refractivity contribution in [2.75, 3.05) is 20.7 Å². The first-order chi connectivity index (χ1) is 10.7. The number of hydrogen-bond acceptors (Lipinski definition) is 6. The van der Waals surface area contributed by atoms with Crippen LogP contribution in [0.1, 0.15) is 18.2 Å². The van der Waals surface area contributed by atoms with E-state index in [9.17, 15) is 13.2 Å². The van der Waals surface area contributed by atoms with Crippen molar-refractivity contribution in [3.05, 3.63) is 17.6 Å². The lowest BCUT2D eigenvalue weighted by molar-refractivity contribution is -0.143. The van der Waals surface area contributed by atoms with Crippen LogP contribution in [0.2, 0.25) is 0 Å². The summed E-state index contributed by atoms with van der Waals surface area (Å²) >= 11 is 0. The average molecular weight is 340 g/mol. The summed E-state index contributed by atoms with van der Waals surface area (Å²) in [4.78, 5) is 20.3. The molecule has 0 amide bonds. The molecule has 0 aromatic carbocycles. The lowest BCUT2D eigenvalue weighted by atomic mass is 10.2. The van der Waals surface area contributed by atoms with Gasteiger partial charge in [-0.3, -0.25) is 4.79 Å². The van der Waals surface area contributed by atoms with Gasteiger partial charge in [-0.1, -0.05) is 0 Å². The summed E-state index contributed by atoms with van der Waals surface area (Å²) in [6.07, 6.45) is 1.47. The number of rotatable bonds is 5. The number of esters is 1. The van der Waals surface area contributed by atoms with E-state index < -0.39 is 16.0 Å². The summed E-state index contributed by atoms with van der Waals surface area (Å²) in [6.45, 7) is 5.33. The maximum atomic E-state index is 12.5. The van der Waals surface area contributed by atoms with Crippen molar-refractivity contribution in [1.82, 2.24) is 18.8 Å². The second-order valence-corrected chi connectivity index (χ2v) is 7.38. The highest BCUT2D eigenvalue weighted by atomic mass is 32.2. The predicted molar refractivity (Wildman–Crippen MR) is 84.5 cm³/mol. The normalized spacial score (nSPS) is 12.1. The number of fused-ring (bicyclic) bond motifs is 1. The molecule has 0 radical (unpaired) electrons. The second-order valence-electron chi connectivity index (χ2n) is 5.29. The SMILES string of the molecule is CCOC(=O)Cn1cnc2c(C)c(S(=O)(=O)N(C)C)c(C)nc21. The molecule has 0 aliphatic heterocycles. The highest BCUT2D eigenvalue weighted by Gasteiger charge is 2.26. The molecule has 0 saturated carbocycles. The third-order valence-corrected chi connectivity index (χ3v) is 5.53. The molecule has 0 atom stereocenters. The van der Waals surface area contributed by atoms with Crippen LogP contribution in [0.25, 0.3) is 11.2 Å². The van der Waals surface area contributed by atoms with Crippen LogP contribution in [0.5, 0.6) is 0 Å². The summed E-state index contributed by atoms with van der Waals surface area (Å²) in [7, 11) is -0.682. The summed E-state index contributed by atoms with van der Waals surface area (Å²) in [5, 5.41) is 0. The van der Waals surface area contributed by atoms with Crippen LogP contribution in [-0.2, 0) is 26.1 Å². The number of pyridine rings is 1. The van der Waals surface area contributed by atoms with Gasteiger partial charge in [0.2, 0.25) is 10.0 Å². The first-order valence-electron chi connectivity index (χ1n) is 7.10. The van der Waals surface area contributed by atoms with Gasteiger partial charge in [-0.2, -0.15) is 0 Å². The lowest BCUT2D eigenvalue weighted by Gasteiger charge is -2.16. The minimum absolute atomic E-state index is 0.0179. The summed E-state index contributed by atoms with van der Waals surface area (Å²) in [5.41, 5.74) is 1.81. The third kappa shape index (κ3) is 3.06. The van der Waals surface area contributed by atoms with Gasteiger partial charge in [-0.05, 0) is 20.8 Å². The van der Waals surface area contributed by atoms with Gasteiger partial charge in [-0.15, -0.1) is 0 Å². The molecule has 9 heteroatoms. The number of aryl methyl sites for hydroxylation is 2. The number of ether oxygens (including phenoxy) is 1. The maximum Gasteiger partial charge on any atom is 0.326 e. The highest BCUT2D eigenvalue weighted by molar-refractivity contribution is 7.89. The fraction of sp³-hybridized carbons (Fsp3) is 0.500. The molecule has 126 valence electrons. The van der Waals surface area contributed by atoms with Gasteiger partial charge in [0, 0.05) is 19.7 Å². The largest absolute Gasteiger partial charge is 0.465 e. The van der Waals surface area contributed by atoms with E-state index in [1.807, 2.05) is 0 Å². The fourth-order valence-electron chi connectivity index (χ4n) is 2.37. The minimum atomic E-state index is -3.62. The van der Waals surface area contributed by atoms with Gasteiger partial charge in [0.25, 0.3) is 0 Å². The number of sulfonamides is 1. The lowest BCUT2D eigenvalue weighted by Crippen LogP contribution is -2.24. The quantitative estimate of drug-likeness (QED) is 0.749. The van der Waals surface area contributed by atoms with E-state index in [1.54, 1.807) is 25.3 Å². The van der Waals surface area contributed by atoms with Crippen LogP contribution in [0, 0.1) is 13.8 Å². The zero-order valence-electron chi connectivity index (χ0n) is 13.8. The van der Waals surface area contributed by atoms with Gasteiger partial charge in [0.05, 0.1) is 18.6 Å². The van der Waals surface area contributed by atoms with Crippen molar-refractivity contribution in [1.29, 1.82) is 0 Å². The first-order valence-corrected chi connectivity index (χ1v) is 8.54. The van der Waals surface area contributed by atoms with Crippen LogP contribution < -0.4 is 0 Å². The van der Waals surface area contributed by atoms with Gasteiger partial charge >= 0.3 is 5.97 Å². The van der Waals surface area contributed by atoms with Crippen LogP contribution in [0.15, 0.2) is 11.2 Å². The monoisotopic (exact) mass is 340 g/mol. The van der Waals surface area contributed by atoms with Crippen molar-refractivity contribution in [2.24, 2.45) is 0 Å². The Kier molecular flexibility index (Phi) is 4.71. The molecule has 0 aliphatic rings. The Morgan fingerprint density at radius 2 is 2.00 bits per heavy atom. The van der Waals surface area contributed by atoms with Crippen LogP contribution in [-0.4, -0.2) is 53.9 Å². The molecule has 0 unspecified atom stereocenters. The number of nitrogens with zero attached hydrogens (tertiary/aromatic N) is 4. The van der Waals surface area contributed by atoms with Crippen molar-refractivity contribution in [2.45, 2.75) is 32.2 Å². The summed E-state index contributed by atoms with van der Waals surface area (Å²) in [6, 6.07) is 0. The van der Waals surface area contributed by atoms with Crippen molar-refractivity contribution in [3.8, 4) is 0 Å². The maximum absolute atomic E-state index is 12.5. The van der Waals surface area contributed by atoms with Crippen LogP contribution in [0.3, 0.4) is 0 Å². The Balaban J connectivity index is 2.61. The Labute approximate surface area is 135 Å². The summed E-state index contributed by atoms with van der Waals surface area (Å²) < 4.78 is 32.5. The standard InChI is InChI=1S/C14H20N4O4S/c1-6-22-11(19)7-18-8-15-12-9(2)13(10(3)16-14(12)18)23(20,21)17(4)5/h8H,6-7H2,1-5H3. The predicted octanol–water partition coefficient (Wildman–Crippen LogP) is 0.862. The zero-order chi connectivity index (χ0) is 17.4. The molecular weight excluding hydrogens is 320 g/mol. The van der Waals surface area contributed by atoms with Crippen molar-refractivity contribution >= 4 is 27.2 Å². The van der Waals surface area contributed by atoms with Gasteiger partial charge in [-0.25, -0.2) is 22.7 Å². The van der Waals surface area contributed by atoms with E-state index in [1.165, 1.54) is 20.4 Å². The fourth-order valence-corrected chi connectivity index (χ4v) is 3.64. The van der Waals surface area contributed by atoms with Gasteiger partial charge in [0.1, 0.15) is 17.0 Å². The number of imidazole rings is 1. The molecule has 2 rings (SSSR count). The number of aromatic nitrogens is 3. The van der Waals surface area contributed by atoms with Crippen molar-refractivity contribution < 1.29 is 17.9 Å². The van der Waals surface area contributed by atoms with E-state index in [0.717, 1.165) is 4.31 Å². The van der Waals surface area contributed by atoms with E-state index in [2.05, 4.69) is 9.97 Å². The zero-order valence-corrected chi connectivity index (χ0v) is 14.6. The molecule has 0 saturated heterocycles. The summed E-state index contributed by atoms with van der Waals surface area (Å²) in [5.74, 6) is -0.395. The Hall–Kier alpha value is -2.00. The molecule has 2 aromatic rings. The Morgan fingerprint density at radius 1 is 1.35 bits per heavy atom. The highest BCUT2D eigenvalue weighted by Crippen LogP contribution is 2.27. The Morgan fingerprint density at radius 3 is 2.57 bits per heavy atom. The van der Waals surface area contributed by atoms with E-state index in [4.69, 9.17) is 4.74 Å². The smallest absolute Gasteiger partial charge is 0.326 e. The van der Waals surface area contributed by atoms with Gasteiger partial charge in [0.15, 0.2) is 5.65 Å². The molecule has 8 nitrogen and oxygen atoms in total. The molecule has 2 aromatic heterocycles. The number of hydrogen-bond donors (Lipinski definition) is 0. The van der Waals surface area contributed by atoms with E-state index in [0.29, 0.717) is 29.0 Å². The average Bonchev–Trinajstić information content (AvgIpc) is 2.81. The second kappa shape index (κ2) is 6.25. The minimum Gasteiger partial charge on any atom is -0.465 e. The first kappa shape index (κ1) is 17.4. The van der Waals surface area contributed by atoms with Crippen LogP contribution in [0.4, 0.5) is 0 Å². The van der Waals surface area contributed by atoms with Gasteiger partial charge < -0.3 is 9.30 Å². The van der Waals surface area contributed by atoms with E-state index >= 15 is 0 Å². The molecule has 0 bridgehead atoms. The number of carbonyl (C=O) groups excluding carboxylic acids is 1. The van der Waals surface area contributed by atoms with E-state index in [-0.39, 0.29) is 11.4 Å². The molecule has 2 heterocycles. The molecular formula is C14H20N4O4S. The van der Waals surface area contributed by atoms with Crippen LogP contribution >= 0.6 is 0 Å². The topological polar surface area (TPSA) is 94.4 Å². The molecule has 23 heavy (non-hydrogen) atoms. The Bertz CT molecular complexity index is 855. The molecule has 0 fully saturated rings.